The minimum Gasteiger partial charge on any atom is -0.461 e. The van der Waals surface area contributed by atoms with Crippen LogP contribution in [0.1, 0.15) is 11.1 Å². The summed E-state index contributed by atoms with van der Waals surface area (Å²) in [6, 6.07) is 7.58. The maximum Gasteiger partial charge on any atom is 0.234 e. The minimum absolute atomic E-state index is 0.0823. The number of carbonyl (C=O) groups excluding carboxylic acids is 1. The Morgan fingerprint density at radius 2 is 2.04 bits per heavy atom. The van der Waals surface area contributed by atoms with E-state index in [0.717, 1.165) is 21.3 Å². The quantitative estimate of drug-likeness (QED) is 0.626. The van der Waals surface area contributed by atoms with Crippen LogP contribution in [0.5, 0.6) is 0 Å². The third-order valence-corrected chi connectivity index (χ3v) is 5.15. The van der Waals surface area contributed by atoms with Crippen LogP contribution >= 0.6 is 27.7 Å². The molecule has 0 aliphatic heterocycles. The number of aromatic nitrogens is 3. The second kappa shape index (κ2) is 7.45. The van der Waals surface area contributed by atoms with Gasteiger partial charge in [0.1, 0.15) is 0 Å². The molecule has 2 aromatic heterocycles. The highest BCUT2D eigenvalue weighted by Gasteiger charge is 2.15. The molecule has 0 fully saturated rings. The summed E-state index contributed by atoms with van der Waals surface area (Å²) < 4.78 is 8.15. The molecule has 0 spiro atoms. The van der Waals surface area contributed by atoms with Crippen molar-refractivity contribution in [1.82, 2.24) is 14.8 Å². The van der Waals surface area contributed by atoms with Gasteiger partial charge in [-0.1, -0.05) is 27.7 Å². The molecule has 1 amide bonds. The number of nitrogens with zero attached hydrogens (tertiary/aromatic N) is 3. The highest BCUT2D eigenvalue weighted by atomic mass is 79.9. The molecule has 130 valence electrons. The molecule has 0 unspecified atom stereocenters. The van der Waals surface area contributed by atoms with Crippen LogP contribution in [-0.2, 0) is 11.8 Å². The smallest absolute Gasteiger partial charge is 0.234 e. The summed E-state index contributed by atoms with van der Waals surface area (Å²) >= 11 is 4.79. The van der Waals surface area contributed by atoms with Crippen LogP contribution in [0.15, 0.2) is 44.6 Å². The lowest BCUT2D eigenvalue weighted by Gasteiger charge is -2.12. The topological polar surface area (TPSA) is 73.0 Å². The van der Waals surface area contributed by atoms with Gasteiger partial charge in [-0.3, -0.25) is 4.79 Å². The number of halogens is 1. The summed E-state index contributed by atoms with van der Waals surface area (Å²) in [4.78, 5) is 12.3. The first-order valence-electron chi connectivity index (χ1n) is 7.58. The molecule has 0 aliphatic carbocycles. The number of carbonyl (C=O) groups is 1. The molecular formula is C17H17BrN4O2S. The molecule has 1 aromatic carbocycles. The number of amides is 1. The molecule has 2 heterocycles. The second-order valence-corrected chi connectivity index (χ2v) is 7.45. The van der Waals surface area contributed by atoms with Crippen LogP contribution in [0.3, 0.4) is 0 Å². The molecule has 3 aromatic rings. The Hall–Kier alpha value is -2.06. The van der Waals surface area contributed by atoms with Crippen LogP contribution in [0.25, 0.3) is 11.6 Å². The van der Waals surface area contributed by atoms with Crippen molar-refractivity contribution in [2.75, 3.05) is 11.1 Å². The van der Waals surface area contributed by atoms with E-state index in [4.69, 9.17) is 4.42 Å². The second-order valence-electron chi connectivity index (χ2n) is 5.59. The van der Waals surface area contributed by atoms with E-state index in [9.17, 15) is 4.79 Å². The molecule has 0 saturated carbocycles. The van der Waals surface area contributed by atoms with E-state index in [1.165, 1.54) is 11.8 Å². The van der Waals surface area contributed by atoms with Crippen molar-refractivity contribution < 1.29 is 9.21 Å². The van der Waals surface area contributed by atoms with Gasteiger partial charge in [-0.2, -0.15) is 0 Å². The highest BCUT2D eigenvalue weighted by Crippen LogP contribution is 2.26. The lowest BCUT2D eigenvalue weighted by Crippen LogP contribution is -2.16. The molecule has 25 heavy (non-hydrogen) atoms. The number of benzene rings is 1. The molecule has 8 heteroatoms. The summed E-state index contributed by atoms with van der Waals surface area (Å²) in [5, 5.41) is 11.9. The van der Waals surface area contributed by atoms with E-state index in [2.05, 4.69) is 31.4 Å². The van der Waals surface area contributed by atoms with Crippen LogP contribution < -0.4 is 5.32 Å². The van der Waals surface area contributed by atoms with Crippen molar-refractivity contribution in [3.05, 3.63) is 46.1 Å². The van der Waals surface area contributed by atoms with Crippen LogP contribution in [0.4, 0.5) is 5.69 Å². The predicted octanol–water partition coefficient (Wildman–Crippen LogP) is 4.19. The average Bonchev–Trinajstić information content (AvgIpc) is 3.18. The first-order chi connectivity index (χ1) is 12.0. The Morgan fingerprint density at radius 1 is 1.32 bits per heavy atom. The fraction of sp³-hybridized carbons (Fsp3) is 0.235. The van der Waals surface area contributed by atoms with E-state index < -0.39 is 0 Å². The van der Waals surface area contributed by atoms with Gasteiger partial charge in [0.25, 0.3) is 0 Å². The van der Waals surface area contributed by atoms with E-state index in [-0.39, 0.29) is 11.7 Å². The fourth-order valence-corrected chi connectivity index (χ4v) is 3.87. The van der Waals surface area contributed by atoms with E-state index in [1.807, 2.05) is 43.7 Å². The largest absolute Gasteiger partial charge is 0.461 e. The molecule has 0 bridgehead atoms. The van der Waals surface area contributed by atoms with Crippen molar-refractivity contribution in [2.45, 2.75) is 19.0 Å². The minimum atomic E-state index is -0.0823. The van der Waals surface area contributed by atoms with E-state index in [0.29, 0.717) is 16.7 Å². The summed E-state index contributed by atoms with van der Waals surface area (Å²) in [5.74, 6) is 1.44. The predicted molar refractivity (Wildman–Crippen MR) is 102 cm³/mol. The summed E-state index contributed by atoms with van der Waals surface area (Å²) in [6.45, 7) is 3.94. The zero-order valence-corrected chi connectivity index (χ0v) is 16.4. The molecule has 0 saturated heterocycles. The van der Waals surface area contributed by atoms with Gasteiger partial charge >= 0.3 is 0 Å². The Labute approximate surface area is 158 Å². The van der Waals surface area contributed by atoms with Gasteiger partial charge in [0.05, 0.1) is 12.0 Å². The normalized spacial score (nSPS) is 10.9. The van der Waals surface area contributed by atoms with Crippen molar-refractivity contribution in [3.63, 3.8) is 0 Å². The number of hydrogen-bond donors (Lipinski definition) is 1. The maximum atomic E-state index is 12.3. The van der Waals surface area contributed by atoms with Gasteiger partial charge in [0.15, 0.2) is 16.7 Å². The zero-order chi connectivity index (χ0) is 18.0. The lowest BCUT2D eigenvalue weighted by molar-refractivity contribution is -0.113. The lowest BCUT2D eigenvalue weighted by atomic mass is 10.1. The standard InChI is InChI=1S/C17H17BrN4O2S/c1-10-7-12(18)8-11(2)15(10)19-14(23)9-25-17-21-20-16(22(17)3)13-5-4-6-24-13/h4-8H,9H2,1-3H3,(H,19,23). The van der Waals surface area contributed by atoms with Crippen LogP contribution in [-0.4, -0.2) is 26.4 Å². The van der Waals surface area contributed by atoms with Gasteiger partial charge < -0.3 is 14.3 Å². The molecule has 6 nitrogen and oxygen atoms in total. The molecule has 0 atom stereocenters. The Balaban J connectivity index is 1.66. The Morgan fingerprint density at radius 3 is 2.68 bits per heavy atom. The van der Waals surface area contributed by atoms with E-state index >= 15 is 0 Å². The summed E-state index contributed by atoms with van der Waals surface area (Å²) in [7, 11) is 1.85. The number of rotatable bonds is 5. The average molecular weight is 421 g/mol. The highest BCUT2D eigenvalue weighted by molar-refractivity contribution is 9.10. The first kappa shape index (κ1) is 17.8. The van der Waals surface area contributed by atoms with Crippen LogP contribution in [0.2, 0.25) is 0 Å². The van der Waals surface area contributed by atoms with Crippen LogP contribution in [0, 0.1) is 13.8 Å². The summed E-state index contributed by atoms with van der Waals surface area (Å²) in [5.41, 5.74) is 2.89. The zero-order valence-electron chi connectivity index (χ0n) is 14.0. The van der Waals surface area contributed by atoms with Gasteiger partial charge in [-0.15, -0.1) is 10.2 Å². The molecule has 0 aliphatic rings. The summed E-state index contributed by atoms with van der Waals surface area (Å²) in [6.07, 6.45) is 1.59. The monoisotopic (exact) mass is 420 g/mol. The number of hydrogen-bond acceptors (Lipinski definition) is 5. The van der Waals surface area contributed by atoms with Crippen molar-refractivity contribution in [2.24, 2.45) is 7.05 Å². The maximum absolute atomic E-state index is 12.3. The molecule has 3 rings (SSSR count). The van der Waals surface area contributed by atoms with Gasteiger partial charge in [0.2, 0.25) is 5.91 Å². The molecular weight excluding hydrogens is 404 g/mol. The number of thioether (sulfide) groups is 1. The van der Waals surface area contributed by atoms with Crippen molar-refractivity contribution >= 4 is 39.3 Å². The third-order valence-electron chi connectivity index (χ3n) is 3.67. The van der Waals surface area contributed by atoms with E-state index in [1.54, 1.807) is 12.3 Å². The number of anilines is 1. The Kier molecular flexibility index (Phi) is 5.29. The van der Waals surface area contributed by atoms with Gasteiger partial charge in [-0.05, 0) is 49.2 Å². The first-order valence-corrected chi connectivity index (χ1v) is 9.36. The third kappa shape index (κ3) is 3.96. The Bertz CT molecular complexity index is 883. The van der Waals surface area contributed by atoms with Crippen molar-refractivity contribution in [1.29, 1.82) is 0 Å². The molecule has 1 N–H and O–H groups in total. The van der Waals surface area contributed by atoms with Crippen molar-refractivity contribution in [3.8, 4) is 11.6 Å². The van der Waals surface area contributed by atoms with Gasteiger partial charge in [0, 0.05) is 17.2 Å². The number of aryl methyl sites for hydroxylation is 2. The van der Waals surface area contributed by atoms with Gasteiger partial charge in [-0.25, -0.2) is 0 Å². The number of furan rings is 1. The SMILES string of the molecule is Cc1cc(Br)cc(C)c1NC(=O)CSc1nnc(-c2ccco2)n1C. The molecule has 0 radical (unpaired) electrons. The number of nitrogens with one attached hydrogen (secondary N) is 1. The fourth-order valence-electron chi connectivity index (χ4n) is 2.47.